The van der Waals surface area contributed by atoms with Gasteiger partial charge in [0, 0.05) is 18.2 Å². The first-order valence-electron chi connectivity index (χ1n) is 6.56. The summed E-state index contributed by atoms with van der Waals surface area (Å²) in [5.41, 5.74) is -2.30. The van der Waals surface area contributed by atoms with Crippen molar-refractivity contribution in [3.05, 3.63) is 36.4 Å². The summed E-state index contributed by atoms with van der Waals surface area (Å²) in [5.74, 6) is -3.54. The Labute approximate surface area is 131 Å². The number of allylic oxidation sites excluding steroid dienone is 1. The van der Waals surface area contributed by atoms with Crippen LogP contribution in [-0.4, -0.2) is 35.1 Å². The van der Waals surface area contributed by atoms with Gasteiger partial charge in [0.25, 0.3) is 5.91 Å². The van der Waals surface area contributed by atoms with Gasteiger partial charge in [0.05, 0.1) is 12.5 Å². The second-order valence-electron chi connectivity index (χ2n) is 4.97. The number of amides is 1. The third-order valence-electron chi connectivity index (χ3n) is 3.47. The molecule has 0 aromatic heterocycles. The number of rotatable bonds is 4. The number of ether oxygens (including phenoxy) is 1. The summed E-state index contributed by atoms with van der Waals surface area (Å²) < 4.78 is 20.1. The van der Waals surface area contributed by atoms with Gasteiger partial charge in [-0.1, -0.05) is 18.2 Å². The van der Waals surface area contributed by atoms with E-state index in [0.717, 1.165) is 6.08 Å². The van der Waals surface area contributed by atoms with Crippen LogP contribution in [-0.2, 0) is 9.59 Å². The van der Waals surface area contributed by atoms with Crippen LogP contribution in [0.15, 0.2) is 36.4 Å². The van der Waals surface area contributed by atoms with Crippen molar-refractivity contribution in [2.45, 2.75) is 17.5 Å². The van der Waals surface area contributed by atoms with E-state index in [-0.39, 0.29) is 0 Å². The van der Waals surface area contributed by atoms with Crippen LogP contribution in [0.3, 0.4) is 0 Å². The lowest BCUT2D eigenvalue weighted by atomic mass is 9.80. The van der Waals surface area contributed by atoms with E-state index in [1.54, 1.807) is 18.2 Å². The summed E-state index contributed by atoms with van der Waals surface area (Å²) in [6.45, 7) is 0. The first kappa shape index (κ1) is 16.3. The number of carbonyl (C=O) groups is 2. The molecule has 22 heavy (non-hydrogen) atoms. The second kappa shape index (κ2) is 6.36. The lowest BCUT2D eigenvalue weighted by Crippen LogP contribution is -2.50. The van der Waals surface area contributed by atoms with E-state index in [0.29, 0.717) is 11.4 Å². The molecule has 2 rings (SSSR count). The topological polar surface area (TPSA) is 75.6 Å². The lowest BCUT2D eigenvalue weighted by molar-refractivity contribution is -0.150. The molecule has 1 aliphatic carbocycles. The molecular formula is C15H15ClFNO4. The molecule has 3 unspecified atom stereocenters. The summed E-state index contributed by atoms with van der Waals surface area (Å²) in [6, 6.07) is 6.35. The number of benzene rings is 1. The molecule has 1 aliphatic rings. The second-order valence-corrected chi connectivity index (χ2v) is 5.53. The monoisotopic (exact) mass is 327 g/mol. The Kier molecular flexibility index (Phi) is 4.71. The molecule has 7 heteroatoms. The van der Waals surface area contributed by atoms with Crippen LogP contribution in [0, 0.1) is 5.92 Å². The maximum absolute atomic E-state index is 15.0. The Balaban J connectivity index is 2.25. The van der Waals surface area contributed by atoms with Gasteiger partial charge in [-0.3, -0.25) is 9.59 Å². The molecule has 1 amide bonds. The van der Waals surface area contributed by atoms with E-state index in [9.17, 15) is 9.59 Å². The minimum atomic E-state index is -2.62. The number of hydrogen-bond acceptors (Lipinski definition) is 3. The molecular weight excluding hydrogens is 313 g/mol. The zero-order valence-corrected chi connectivity index (χ0v) is 12.5. The fourth-order valence-corrected chi connectivity index (χ4v) is 2.62. The van der Waals surface area contributed by atoms with Crippen molar-refractivity contribution in [1.29, 1.82) is 0 Å². The number of carboxylic acid groups (broad SMARTS) is 1. The molecule has 0 saturated heterocycles. The number of methoxy groups -OCH3 is 1. The van der Waals surface area contributed by atoms with Crippen LogP contribution in [0.2, 0.25) is 0 Å². The molecule has 1 aromatic rings. The van der Waals surface area contributed by atoms with Crippen molar-refractivity contribution in [3.8, 4) is 5.75 Å². The zero-order valence-electron chi connectivity index (χ0n) is 11.8. The minimum Gasteiger partial charge on any atom is -0.497 e. The molecule has 0 fully saturated rings. The van der Waals surface area contributed by atoms with Gasteiger partial charge < -0.3 is 15.2 Å². The van der Waals surface area contributed by atoms with E-state index >= 15 is 4.39 Å². The largest absolute Gasteiger partial charge is 0.497 e. The highest BCUT2D eigenvalue weighted by Crippen LogP contribution is 2.37. The first-order chi connectivity index (χ1) is 10.4. The average Bonchev–Trinajstić information content (AvgIpc) is 2.46. The van der Waals surface area contributed by atoms with Crippen LogP contribution in [0.1, 0.15) is 6.42 Å². The Bertz CT molecular complexity index is 621. The normalized spacial score (nSPS) is 27.2. The molecule has 0 aliphatic heterocycles. The van der Waals surface area contributed by atoms with Gasteiger partial charge in [-0.2, -0.15) is 0 Å². The highest BCUT2D eigenvalue weighted by Gasteiger charge is 2.51. The molecule has 0 spiro atoms. The fraction of sp³-hybridized carbons (Fsp3) is 0.333. The van der Waals surface area contributed by atoms with Crippen molar-refractivity contribution in [3.63, 3.8) is 0 Å². The number of hydrogen-bond donors (Lipinski definition) is 2. The smallest absolute Gasteiger partial charge is 0.314 e. The van der Waals surface area contributed by atoms with E-state index in [1.807, 2.05) is 0 Å². The molecule has 0 bridgehead atoms. The van der Waals surface area contributed by atoms with E-state index in [4.69, 9.17) is 21.4 Å². The van der Waals surface area contributed by atoms with Crippen molar-refractivity contribution in [1.82, 2.24) is 0 Å². The Morgan fingerprint density at radius 1 is 1.45 bits per heavy atom. The highest BCUT2D eigenvalue weighted by atomic mass is 35.5. The Morgan fingerprint density at radius 3 is 2.82 bits per heavy atom. The van der Waals surface area contributed by atoms with Gasteiger partial charge in [0.2, 0.25) is 5.67 Å². The predicted octanol–water partition coefficient (Wildman–Crippen LogP) is 2.61. The van der Waals surface area contributed by atoms with Gasteiger partial charge in [0.15, 0.2) is 0 Å². The number of nitrogens with one attached hydrogen (secondary N) is 1. The van der Waals surface area contributed by atoms with Gasteiger partial charge >= 0.3 is 5.97 Å². The van der Waals surface area contributed by atoms with Crippen molar-refractivity contribution in [2.24, 2.45) is 5.92 Å². The number of alkyl halides is 2. The molecule has 0 heterocycles. The van der Waals surface area contributed by atoms with Crippen LogP contribution in [0.25, 0.3) is 0 Å². The molecule has 1 aromatic carbocycles. The Hall–Kier alpha value is -2.08. The van der Waals surface area contributed by atoms with E-state index < -0.39 is 35.3 Å². The lowest BCUT2D eigenvalue weighted by Gasteiger charge is -2.32. The molecule has 0 radical (unpaired) electrons. The zero-order chi connectivity index (χ0) is 16.3. The van der Waals surface area contributed by atoms with Gasteiger partial charge in [-0.05, 0) is 12.1 Å². The fourth-order valence-electron chi connectivity index (χ4n) is 2.31. The van der Waals surface area contributed by atoms with Crippen LogP contribution < -0.4 is 10.1 Å². The van der Waals surface area contributed by atoms with Crippen LogP contribution in [0.5, 0.6) is 5.75 Å². The molecule has 3 atom stereocenters. The SMILES string of the molecule is COc1cccc(NC(=O)C2(F)CC(Cl)C=CC2C(=O)O)c1. The maximum Gasteiger partial charge on any atom is 0.314 e. The highest BCUT2D eigenvalue weighted by molar-refractivity contribution is 6.22. The first-order valence-corrected chi connectivity index (χ1v) is 7.00. The molecule has 2 N–H and O–H groups in total. The summed E-state index contributed by atoms with van der Waals surface area (Å²) in [7, 11) is 1.46. The van der Waals surface area contributed by atoms with Gasteiger partial charge in [-0.25, -0.2) is 4.39 Å². The van der Waals surface area contributed by atoms with Gasteiger partial charge in [0.1, 0.15) is 11.7 Å². The molecule has 118 valence electrons. The molecule has 0 saturated carbocycles. The van der Waals surface area contributed by atoms with E-state index in [2.05, 4.69) is 5.32 Å². The number of carbonyl (C=O) groups excluding carboxylic acids is 1. The summed E-state index contributed by atoms with van der Waals surface area (Å²) >= 11 is 5.85. The number of carboxylic acids is 1. The number of aliphatic carboxylic acids is 1. The summed E-state index contributed by atoms with van der Waals surface area (Å²) in [5, 5.41) is 10.8. The summed E-state index contributed by atoms with van der Waals surface area (Å²) in [4.78, 5) is 23.5. The Morgan fingerprint density at radius 2 is 2.18 bits per heavy atom. The van der Waals surface area contributed by atoms with Crippen LogP contribution in [0.4, 0.5) is 10.1 Å². The standard InChI is InChI=1S/C15H15ClFNO4/c1-22-11-4-2-3-10(7-11)18-14(21)15(17)8-9(16)5-6-12(15)13(19)20/h2-7,9,12H,8H2,1H3,(H,18,21)(H,19,20). The number of halogens is 2. The summed E-state index contributed by atoms with van der Waals surface area (Å²) in [6.07, 6.45) is 2.10. The number of anilines is 1. The van der Waals surface area contributed by atoms with Crippen molar-refractivity contribution >= 4 is 29.2 Å². The van der Waals surface area contributed by atoms with Crippen molar-refractivity contribution in [2.75, 3.05) is 12.4 Å². The van der Waals surface area contributed by atoms with Crippen molar-refractivity contribution < 1.29 is 23.8 Å². The minimum absolute atomic E-state index is 0.311. The molecule has 5 nitrogen and oxygen atoms in total. The average molecular weight is 328 g/mol. The maximum atomic E-state index is 15.0. The quantitative estimate of drug-likeness (QED) is 0.658. The third kappa shape index (κ3) is 3.22. The predicted molar refractivity (Wildman–Crippen MR) is 80.0 cm³/mol. The van der Waals surface area contributed by atoms with Gasteiger partial charge in [-0.15, -0.1) is 11.6 Å². The third-order valence-corrected chi connectivity index (χ3v) is 3.77. The van der Waals surface area contributed by atoms with E-state index in [1.165, 1.54) is 19.3 Å². The van der Waals surface area contributed by atoms with Crippen LogP contribution >= 0.6 is 11.6 Å².